The van der Waals surface area contributed by atoms with Crippen LogP contribution in [0.25, 0.3) is 0 Å². The average molecular weight is 279 g/mol. The van der Waals surface area contributed by atoms with Gasteiger partial charge in [0.1, 0.15) is 5.75 Å². The molecule has 1 aromatic carbocycles. The van der Waals surface area contributed by atoms with Gasteiger partial charge < -0.3 is 15.8 Å². The summed E-state index contributed by atoms with van der Waals surface area (Å²) in [6.45, 7) is 6.10. The van der Waals surface area contributed by atoms with Crippen LogP contribution in [-0.2, 0) is 4.79 Å². The van der Waals surface area contributed by atoms with Crippen molar-refractivity contribution in [2.45, 2.75) is 39.3 Å². The van der Waals surface area contributed by atoms with Gasteiger partial charge in [-0.05, 0) is 39.4 Å². The number of nitrogens with two attached hydrogens (primary N) is 1. The second kappa shape index (κ2) is 7.14. The third kappa shape index (κ3) is 3.87. The van der Waals surface area contributed by atoms with Gasteiger partial charge in [-0.25, -0.2) is 0 Å². The Bertz CT molecular complexity index is 462. The minimum Gasteiger partial charge on any atom is -0.494 e. The maximum Gasteiger partial charge on any atom is 0.241 e. The molecule has 0 saturated heterocycles. The number of carbonyl (C=O) groups is 1. The van der Waals surface area contributed by atoms with Crippen molar-refractivity contribution in [1.29, 1.82) is 0 Å². The average Bonchev–Trinajstić information content (AvgIpc) is 2.46. The zero-order valence-corrected chi connectivity index (χ0v) is 12.9. The van der Waals surface area contributed by atoms with Crippen molar-refractivity contribution in [3.63, 3.8) is 0 Å². The molecule has 0 heterocycles. The number of amides is 1. The minimum absolute atomic E-state index is 0.0594. The van der Waals surface area contributed by atoms with Crippen LogP contribution in [-0.4, -0.2) is 37.0 Å². The number of rotatable bonds is 6. The first-order valence-corrected chi connectivity index (χ1v) is 6.87. The maximum absolute atomic E-state index is 12.3. The van der Waals surface area contributed by atoms with Crippen LogP contribution in [0.2, 0.25) is 0 Å². The molecule has 0 spiro atoms. The van der Waals surface area contributed by atoms with Crippen molar-refractivity contribution in [1.82, 2.24) is 4.90 Å². The van der Waals surface area contributed by atoms with Crippen LogP contribution < -0.4 is 15.8 Å². The summed E-state index contributed by atoms with van der Waals surface area (Å²) in [4.78, 5) is 14.3. The number of nitrogen functional groups attached to an aromatic ring is 1. The van der Waals surface area contributed by atoms with Crippen molar-refractivity contribution in [3.05, 3.63) is 18.2 Å². The lowest BCUT2D eigenvalue weighted by molar-refractivity contribution is -0.121. The van der Waals surface area contributed by atoms with E-state index in [1.807, 2.05) is 14.0 Å². The summed E-state index contributed by atoms with van der Waals surface area (Å²) in [7, 11) is 3.51. The van der Waals surface area contributed by atoms with Crippen molar-refractivity contribution in [2.24, 2.45) is 0 Å². The summed E-state index contributed by atoms with van der Waals surface area (Å²) in [5, 5.41) is 2.89. The van der Waals surface area contributed by atoms with Crippen molar-refractivity contribution < 1.29 is 9.53 Å². The summed E-state index contributed by atoms with van der Waals surface area (Å²) in [6, 6.07) is 5.32. The predicted octanol–water partition coefficient (Wildman–Crippen LogP) is 2.33. The molecule has 3 N–H and O–H groups in total. The van der Waals surface area contributed by atoms with E-state index in [0.717, 1.165) is 6.42 Å². The van der Waals surface area contributed by atoms with Gasteiger partial charge >= 0.3 is 0 Å². The lowest BCUT2D eigenvalue weighted by atomic mass is 10.1. The van der Waals surface area contributed by atoms with Crippen LogP contribution in [0.5, 0.6) is 5.75 Å². The predicted molar refractivity (Wildman–Crippen MR) is 83.0 cm³/mol. The standard InChI is InChI=1S/C15H25N3O2/c1-6-10(2)18(4)11(3)15(19)17-13-8-7-12(16)9-14(13)20-5/h7-11H,6,16H2,1-5H3,(H,17,19). The number of nitrogens with one attached hydrogen (secondary N) is 1. The Kier molecular flexibility index (Phi) is 5.82. The van der Waals surface area contributed by atoms with Crippen LogP contribution in [0.4, 0.5) is 11.4 Å². The van der Waals surface area contributed by atoms with E-state index in [0.29, 0.717) is 23.2 Å². The monoisotopic (exact) mass is 279 g/mol. The number of nitrogens with zero attached hydrogens (tertiary/aromatic N) is 1. The topological polar surface area (TPSA) is 67.6 Å². The summed E-state index contributed by atoms with van der Waals surface area (Å²) in [5.74, 6) is 0.507. The third-order valence-electron chi connectivity index (χ3n) is 3.76. The van der Waals surface area contributed by atoms with Crippen LogP contribution >= 0.6 is 0 Å². The fourth-order valence-electron chi connectivity index (χ4n) is 1.90. The lowest BCUT2D eigenvalue weighted by Crippen LogP contribution is -2.44. The Morgan fingerprint density at radius 3 is 2.65 bits per heavy atom. The summed E-state index contributed by atoms with van der Waals surface area (Å²) < 4.78 is 5.23. The minimum atomic E-state index is -0.216. The van der Waals surface area contributed by atoms with Gasteiger partial charge in [-0.1, -0.05) is 6.92 Å². The molecule has 5 heteroatoms. The number of hydrogen-bond acceptors (Lipinski definition) is 4. The smallest absolute Gasteiger partial charge is 0.241 e. The second-order valence-electron chi connectivity index (χ2n) is 5.05. The Morgan fingerprint density at radius 1 is 1.45 bits per heavy atom. The Balaban J connectivity index is 2.80. The zero-order chi connectivity index (χ0) is 15.3. The van der Waals surface area contributed by atoms with E-state index >= 15 is 0 Å². The molecule has 112 valence electrons. The highest BCUT2D eigenvalue weighted by Crippen LogP contribution is 2.26. The molecule has 5 nitrogen and oxygen atoms in total. The molecule has 1 aromatic rings. The fourth-order valence-corrected chi connectivity index (χ4v) is 1.90. The van der Waals surface area contributed by atoms with Gasteiger partial charge in [-0.15, -0.1) is 0 Å². The first kappa shape index (κ1) is 16.3. The lowest BCUT2D eigenvalue weighted by Gasteiger charge is -2.29. The Hall–Kier alpha value is -1.75. The van der Waals surface area contributed by atoms with E-state index in [1.165, 1.54) is 0 Å². The number of anilines is 2. The molecule has 0 fully saturated rings. The summed E-state index contributed by atoms with van der Waals surface area (Å²) >= 11 is 0. The van der Waals surface area contributed by atoms with Gasteiger partial charge in [-0.3, -0.25) is 9.69 Å². The molecule has 1 rings (SSSR count). The highest BCUT2D eigenvalue weighted by molar-refractivity contribution is 5.96. The van der Waals surface area contributed by atoms with Crippen LogP contribution in [0.1, 0.15) is 27.2 Å². The molecule has 20 heavy (non-hydrogen) atoms. The van der Waals surface area contributed by atoms with E-state index in [9.17, 15) is 4.79 Å². The largest absolute Gasteiger partial charge is 0.494 e. The van der Waals surface area contributed by atoms with E-state index in [4.69, 9.17) is 10.5 Å². The Morgan fingerprint density at radius 2 is 2.10 bits per heavy atom. The van der Waals surface area contributed by atoms with Gasteiger partial charge in [0, 0.05) is 17.8 Å². The normalized spacial score (nSPS) is 13.9. The van der Waals surface area contributed by atoms with Crippen LogP contribution in [0, 0.1) is 0 Å². The van der Waals surface area contributed by atoms with Gasteiger partial charge in [0.2, 0.25) is 5.91 Å². The number of benzene rings is 1. The van der Waals surface area contributed by atoms with E-state index in [-0.39, 0.29) is 11.9 Å². The number of methoxy groups -OCH3 is 1. The van der Waals surface area contributed by atoms with E-state index < -0.39 is 0 Å². The highest BCUT2D eigenvalue weighted by atomic mass is 16.5. The molecule has 2 atom stereocenters. The van der Waals surface area contributed by atoms with Crippen molar-refractivity contribution in [2.75, 3.05) is 25.2 Å². The van der Waals surface area contributed by atoms with Crippen LogP contribution in [0.3, 0.4) is 0 Å². The molecule has 0 bridgehead atoms. The molecule has 0 aliphatic heterocycles. The molecule has 0 aliphatic carbocycles. The molecule has 0 radical (unpaired) electrons. The molecular formula is C15H25N3O2. The molecule has 0 aromatic heterocycles. The fraction of sp³-hybridized carbons (Fsp3) is 0.533. The molecule has 2 unspecified atom stereocenters. The highest BCUT2D eigenvalue weighted by Gasteiger charge is 2.22. The SMILES string of the molecule is CCC(C)N(C)C(C)C(=O)Nc1ccc(N)cc1OC. The quantitative estimate of drug-likeness (QED) is 0.784. The first-order valence-electron chi connectivity index (χ1n) is 6.87. The summed E-state index contributed by atoms with van der Waals surface area (Å²) in [6.07, 6.45) is 0.999. The summed E-state index contributed by atoms with van der Waals surface area (Å²) in [5.41, 5.74) is 6.94. The Labute approximate surface area is 121 Å². The van der Waals surface area contributed by atoms with Gasteiger partial charge in [0.25, 0.3) is 0 Å². The number of hydrogen-bond donors (Lipinski definition) is 2. The maximum atomic E-state index is 12.3. The van der Waals surface area contributed by atoms with E-state index in [2.05, 4.69) is 24.1 Å². The van der Waals surface area contributed by atoms with Gasteiger partial charge in [0.15, 0.2) is 0 Å². The van der Waals surface area contributed by atoms with Gasteiger partial charge in [-0.2, -0.15) is 0 Å². The van der Waals surface area contributed by atoms with Crippen LogP contribution in [0.15, 0.2) is 18.2 Å². The first-order chi connectivity index (χ1) is 9.40. The molecule has 0 aliphatic rings. The van der Waals surface area contributed by atoms with Gasteiger partial charge in [0.05, 0.1) is 18.8 Å². The molecular weight excluding hydrogens is 254 g/mol. The zero-order valence-electron chi connectivity index (χ0n) is 12.9. The van der Waals surface area contributed by atoms with Crippen molar-refractivity contribution in [3.8, 4) is 5.75 Å². The molecule has 1 amide bonds. The molecule has 0 saturated carbocycles. The second-order valence-corrected chi connectivity index (χ2v) is 5.05. The third-order valence-corrected chi connectivity index (χ3v) is 3.76. The van der Waals surface area contributed by atoms with E-state index in [1.54, 1.807) is 25.3 Å². The van der Waals surface area contributed by atoms with Crippen molar-refractivity contribution >= 4 is 17.3 Å². The number of likely N-dealkylation sites (N-methyl/N-ethyl adjacent to an activating group) is 1. The number of ether oxygens (including phenoxy) is 1. The number of carbonyl (C=O) groups excluding carboxylic acids is 1.